The molecule has 0 aliphatic carbocycles. The van der Waals surface area contributed by atoms with E-state index < -0.39 is 15.0 Å². The molecule has 0 fully saturated rings. The predicted octanol–water partition coefficient (Wildman–Crippen LogP) is 2.81. The highest BCUT2D eigenvalue weighted by molar-refractivity contribution is 8.15. The van der Waals surface area contributed by atoms with Crippen LogP contribution in [0.4, 0.5) is 0 Å². The molecule has 0 unspecified atom stereocenters. The molecule has 0 N–H and O–H groups in total. The summed E-state index contributed by atoms with van der Waals surface area (Å²) in [5.41, 5.74) is 0.538. The number of carbonyl (C=O) groups is 1. The molecule has 1 aromatic heterocycles. The van der Waals surface area contributed by atoms with E-state index in [1.807, 2.05) is 13.8 Å². The number of halogens is 1. The Morgan fingerprint density at radius 1 is 1.40 bits per heavy atom. The van der Waals surface area contributed by atoms with Gasteiger partial charge in [-0.2, -0.15) is 0 Å². The first-order chi connectivity index (χ1) is 9.23. The third kappa shape index (κ3) is 5.05. The third-order valence-corrected chi connectivity index (χ3v) is 5.65. The van der Waals surface area contributed by atoms with Crippen molar-refractivity contribution in [1.82, 2.24) is 0 Å². The Morgan fingerprint density at radius 2 is 2.05 bits per heavy atom. The SMILES string of the molecule is Cc1c(C(=O)OCCOCC(C)C)csc1S(=O)(=O)Cl. The van der Waals surface area contributed by atoms with Gasteiger partial charge in [-0.25, -0.2) is 13.2 Å². The largest absolute Gasteiger partial charge is 0.460 e. The number of carbonyl (C=O) groups excluding carboxylic acids is 1. The van der Waals surface area contributed by atoms with Crippen molar-refractivity contribution in [2.24, 2.45) is 5.92 Å². The van der Waals surface area contributed by atoms with Crippen molar-refractivity contribution < 1.29 is 22.7 Å². The highest BCUT2D eigenvalue weighted by Gasteiger charge is 2.22. The van der Waals surface area contributed by atoms with Gasteiger partial charge < -0.3 is 9.47 Å². The van der Waals surface area contributed by atoms with Crippen LogP contribution in [-0.4, -0.2) is 34.2 Å². The summed E-state index contributed by atoms with van der Waals surface area (Å²) in [6.45, 7) is 6.61. The van der Waals surface area contributed by atoms with Crippen LogP contribution in [0.3, 0.4) is 0 Å². The molecule has 114 valence electrons. The smallest absolute Gasteiger partial charge is 0.339 e. The van der Waals surface area contributed by atoms with Crippen LogP contribution in [0, 0.1) is 12.8 Å². The van der Waals surface area contributed by atoms with Crippen LogP contribution in [-0.2, 0) is 18.5 Å². The maximum Gasteiger partial charge on any atom is 0.339 e. The number of thiophene rings is 1. The summed E-state index contributed by atoms with van der Waals surface area (Å²) in [6, 6.07) is 0. The van der Waals surface area contributed by atoms with Crippen LogP contribution in [0.15, 0.2) is 9.59 Å². The molecule has 0 radical (unpaired) electrons. The molecule has 0 aliphatic heterocycles. The molecule has 0 saturated heterocycles. The van der Waals surface area contributed by atoms with Gasteiger partial charge in [-0.3, -0.25) is 0 Å². The lowest BCUT2D eigenvalue weighted by Gasteiger charge is -2.07. The van der Waals surface area contributed by atoms with Gasteiger partial charge >= 0.3 is 5.97 Å². The summed E-state index contributed by atoms with van der Waals surface area (Å²) < 4.78 is 32.8. The van der Waals surface area contributed by atoms with Gasteiger partial charge in [0.15, 0.2) is 0 Å². The van der Waals surface area contributed by atoms with E-state index in [2.05, 4.69) is 0 Å². The topological polar surface area (TPSA) is 69.7 Å². The molecule has 0 bridgehead atoms. The van der Waals surface area contributed by atoms with Crippen LogP contribution in [0.1, 0.15) is 29.8 Å². The molecule has 1 heterocycles. The molecule has 0 spiro atoms. The van der Waals surface area contributed by atoms with Crippen molar-refractivity contribution in [1.29, 1.82) is 0 Å². The van der Waals surface area contributed by atoms with Gasteiger partial charge in [0.1, 0.15) is 10.8 Å². The summed E-state index contributed by atoms with van der Waals surface area (Å²) in [5.74, 6) is -0.153. The van der Waals surface area contributed by atoms with E-state index in [1.54, 1.807) is 0 Å². The number of hydrogen-bond acceptors (Lipinski definition) is 6. The molecule has 1 rings (SSSR count). The molecule has 8 heteroatoms. The van der Waals surface area contributed by atoms with Crippen molar-refractivity contribution in [3.05, 3.63) is 16.5 Å². The van der Waals surface area contributed by atoms with E-state index in [4.69, 9.17) is 20.2 Å². The molecule has 0 amide bonds. The normalized spacial score (nSPS) is 11.8. The molecule has 5 nitrogen and oxygen atoms in total. The van der Waals surface area contributed by atoms with E-state index in [1.165, 1.54) is 12.3 Å². The lowest BCUT2D eigenvalue weighted by atomic mass is 10.2. The average Bonchev–Trinajstić information content (AvgIpc) is 2.69. The monoisotopic (exact) mass is 340 g/mol. The lowest BCUT2D eigenvalue weighted by Crippen LogP contribution is -2.13. The highest BCUT2D eigenvalue weighted by atomic mass is 35.7. The molecule has 0 atom stereocenters. The van der Waals surface area contributed by atoms with E-state index in [0.717, 1.165) is 11.3 Å². The van der Waals surface area contributed by atoms with Gasteiger partial charge in [0.2, 0.25) is 0 Å². The maximum atomic E-state index is 11.8. The number of hydrogen-bond donors (Lipinski definition) is 0. The van der Waals surface area contributed by atoms with Gasteiger partial charge in [-0.1, -0.05) is 13.8 Å². The lowest BCUT2D eigenvalue weighted by molar-refractivity contribution is 0.0277. The van der Waals surface area contributed by atoms with Crippen molar-refractivity contribution >= 4 is 37.0 Å². The summed E-state index contributed by atoms with van der Waals surface area (Å²) in [5, 5.41) is 1.43. The fourth-order valence-corrected chi connectivity index (χ4v) is 3.97. The maximum absolute atomic E-state index is 11.8. The van der Waals surface area contributed by atoms with Crippen LogP contribution in [0.5, 0.6) is 0 Å². The van der Waals surface area contributed by atoms with Crippen LogP contribution < -0.4 is 0 Å². The van der Waals surface area contributed by atoms with Crippen molar-refractivity contribution in [3.8, 4) is 0 Å². The first-order valence-electron chi connectivity index (χ1n) is 6.01. The summed E-state index contributed by atoms with van der Waals surface area (Å²) in [4.78, 5) is 11.8. The van der Waals surface area contributed by atoms with E-state index >= 15 is 0 Å². The zero-order valence-corrected chi connectivity index (χ0v) is 13.9. The van der Waals surface area contributed by atoms with E-state index in [0.29, 0.717) is 24.7 Å². The van der Waals surface area contributed by atoms with Crippen molar-refractivity contribution in [2.45, 2.75) is 25.0 Å². The minimum absolute atomic E-state index is 0.0258. The number of esters is 1. The Kier molecular flexibility index (Phi) is 6.44. The second-order valence-corrected chi connectivity index (χ2v) is 8.25. The minimum atomic E-state index is -3.83. The molecular formula is C12H17ClO5S2. The van der Waals surface area contributed by atoms with Crippen LogP contribution in [0.25, 0.3) is 0 Å². The molecule has 20 heavy (non-hydrogen) atoms. The summed E-state index contributed by atoms with van der Waals surface area (Å²) in [6.07, 6.45) is 0. The van der Waals surface area contributed by atoms with Gasteiger partial charge in [-0.15, -0.1) is 11.3 Å². The molecule has 0 saturated carbocycles. The highest BCUT2D eigenvalue weighted by Crippen LogP contribution is 2.29. The zero-order chi connectivity index (χ0) is 15.3. The summed E-state index contributed by atoms with van der Waals surface area (Å²) in [7, 11) is 1.44. The Balaban J connectivity index is 2.55. The molecule has 0 aromatic carbocycles. The van der Waals surface area contributed by atoms with Gasteiger partial charge in [0.05, 0.1) is 12.2 Å². The van der Waals surface area contributed by atoms with E-state index in [9.17, 15) is 13.2 Å². The predicted molar refractivity (Wildman–Crippen MR) is 78.0 cm³/mol. The molecule has 1 aromatic rings. The standard InChI is InChI=1S/C12H17ClO5S2/c1-8(2)6-17-4-5-18-11(14)10-7-19-12(9(10)3)20(13,15)16/h7-8H,4-6H2,1-3H3. The Labute approximate surface area is 127 Å². The Bertz CT molecular complexity index is 562. The number of rotatable bonds is 7. The van der Waals surface area contributed by atoms with Crippen molar-refractivity contribution in [2.75, 3.05) is 19.8 Å². The fraction of sp³-hybridized carbons (Fsp3) is 0.583. The second-order valence-electron chi connectivity index (χ2n) is 4.60. The fourth-order valence-electron chi connectivity index (χ4n) is 1.43. The van der Waals surface area contributed by atoms with Gasteiger partial charge in [0.25, 0.3) is 9.05 Å². The average molecular weight is 341 g/mol. The van der Waals surface area contributed by atoms with E-state index in [-0.39, 0.29) is 16.4 Å². The third-order valence-electron chi connectivity index (χ3n) is 2.35. The van der Waals surface area contributed by atoms with Crippen molar-refractivity contribution in [3.63, 3.8) is 0 Å². The number of ether oxygens (including phenoxy) is 2. The second kappa shape index (κ2) is 7.40. The van der Waals surface area contributed by atoms with Gasteiger partial charge in [-0.05, 0) is 18.4 Å². The first kappa shape index (κ1) is 17.4. The Morgan fingerprint density at radius 3 is 2.55 bits per heavy atom. The Hall–Kier alpha value is -0.630. The zero-order valence-electron chi connectivity index (χ0n) is 11.5. The van der Waals surface area contributed by atoms with Gasteiger partial charge in [0, 0.05) is 22.7 Å². The summed E-state index contributed by atoms with van der Waals surface area (Å²) >= 11 is 0.907. The first-order valence-corrected chi connectivity index (χ1v) is 9.20. The quantitative estimate of drug-likeness (QED) is 0.433. The molecule has 0 aliphatic rings. The van der Waals surface area contributed by atoms with Crippen LogP contribution in [0.2, 0.25) is 0 Å². The van der Waals surface area contributed by atoms with Crippen LogP contribution >= 0.6 is 22.0 Å². The minimum Gasteiger partial charge on any atom is -0.460 e. The molecular weight excluding hydrogens is 324 g/mol.